The molecule has 0 radical (unpaired) electrons. The fourth-order valence-electron chi connectivity index (χ4n) is 1.92. The van der Waals surface area contributed by atoms with Gasteiger partial charge in [0.1, 0.15) is 5.82 Å². The quantitative estimate of drug-likeness (QED) is 0.747. The molecule has 0 aliphatic rings. The van der Waals surface area contributed by atoms with Crippen LogP contribution in [0.4, 0.5) is 10.1 Å². The SMILES string of the molecule is COCCNC(=O)c1ccc(S(=O)(=O)Nc2cccc(F)c2)cc1. The van der Waals surface area contributed by atoms with Gasteiger partial charge in [0.25, 0.3) is 15.9 Å². The Morgan fingerprint density at radius 3 is 2.50 bits per heavy atom. The maximum absolute atomic E-state index is 13.1. The molecular formula is C16H17FN2O4S. The van der Waals surface area contributed by atoms with Crippen LogP contribution >= 0.6 is 0 Å². The third kappa shape index (κ3) is 4.77. The zero-order valence-electron chi connectivity index (χ0n) is 13.0. The van der Waals surface area contributed by atoms with Gasteiger partial charge in [-0.15, -0.1) is 0 Å². The van der Waals surface area contributed by atoms with Crippen LogP contribution < -0.4 is 10.0 Å². The van der Waals surface area contributed by atoms with E-state index in [0.29, 0.717) is 18.7 Å². The average molecular weight is 352 g/mol. The third-order valence-electron chi connectivity index (χ3n) is 3.10. The van der Waals surface area contributed by atoms with Crippen molar-refractivity contribution in [2.75, 3.05) is 25.0 Å². The maximum Gasteiger partial charge on any atom is 0.261 e. The molecule has 6 nitrogen and oxygen atoms in total. The molecule has 1 amide bonds. The van der Waals surface area contributed by atoms with Crippen LogP contribution in [0, 0.1) is 5.82 Å². The molecule has 0 fully saturated rings. The Hall–Kier alpha value is -2.45. The van der Waals surface area contributed by atoms with Crippen LogP contribution in [0.3, 0.4) is 0 Å². The lowest BCUT2D eigenvalue weighted by Crippen LogP contribution is -2.26. The van der Waals surface area contributed by atoms with Crippen molar-refractivity contribution in [2.24, 2.45) is 0 Å². The third-order valence-corrected chi connectivity index (χ3v) is 4.49. The Morgan fingerprint density at radius 1 is 1.17 bits per heavy atom. The van der Waals surface area contributed by atoms with Crippen molar-refractivity contribution in [3.05, 3.63) is 59.9 Å². The first-order valence-corrected chi connectivity index (χ1v) is 8.56. The van der Waals surface area contributed by atoms with Crippen LogP contribution in [0.15, 0.2) is 53.4 Å². The standard InChI is InChI=1S/C16H17FN2O4S/c1-23-10-9-18-16(20)12-5-7-15(8-6-12)24(21,22)19-14-4-2-3-13(17)11-14/h2-8,11,19H,9-10H2,1H3,(H,18,20). The van der Waals surface area contributed by atoms with Gasteiger partial charge in [-0.25, -0.2) is 12.8 Å². The number of rotatable bonds is 7. The molecular weight excluding hydrogens is 335 g/mol. The average Bonchev–Trinajstić information content (AvgIpc) is 2.55. The van der Waals surface area contributed by atoms with Crippen LogP contribution in [0.5, 0.6) is 0 Å². The van der Waals surface area contributed by atoms with Crippen molar-refractivity contribution in [3.8, 4) is 0 Å². The molecule has 8 heteroatoms. The zero-order valence-corrected chi connectivity index (χ0v) is 13.8. The van der Waals surface area contributed by atoms with E-state index in [1.807, 2.05) is 0 Å². The molecule has 0 saturated heterocycles. The Kier molecular flexibility index (Phi) is 5.88. The number of nitrogens with one attached hydrogen (secondary N) is 2. The van der Waals surface area contributed by atoms with E-state index in [4.69, 9.17) is 4.74 Å². The van der Waals surface area contributed by atoms with E-state index in [9.17, 15) is 17.6 Å². The Labute approximate surface area is 139 Å². The first-order valence-electron chi connectivity index (χ1n) is 7.08. The van der Waals surface area contributed by atoms with Gasteiger partial charge in [0.15, 0.2) is 0 Å². The predicted octanol–water partition coefficient (Wildman–Crippen LogP) is 2.00. The minimum Gasteiger partial charge on any atom is -0.383 e. The zero-order chi connectivity index (χ0) is 17.6. The molecule has 24 heavy (non-hydrogen) atoms. The van der Waals surface area contributed by atoms with Gasteiger partial charge >= 0.3 is 0 Å². The number of methoxy groups -OCH3 is 1. The highest BCUT2D eigenvalue weighted by atomic mass is 32.2. The summed E-state index contributed by atoms with van der Waals surface area (Å²) in [6, 6.07) is 10.6. The highest BCUT2D eigenvalue weighted by Crippen LogP contribution is 2.17. The Morgan fingerprint density at radius 2 is 1.88 bits per heavy atom. The summed E-state index contributed by atoms with van der Waals surface area (Å²) in [6.45, 7) is 0.742. The van der Waals surface area contributed by atoms with E-state index in [2.05, 4.69) is 10.0 Å². The molecule has 0 aliphatic carbocycles. The van der Waals surface area contributed by atoms with Crippen LogP contribution in [0.25, 0.3) is 0 Å². The lowest BCUT2D eigenvalue weighted by Gasteiger charge is -2.09. The van der Waals surface area contributed by atoms with Crippen molar-refractivity contribution in [1.29, 1.82) is 0 Å². The Balaban J connectivity index is 2.10. The van der Waals surface area contributed by atoms with E-state index in [0.717, 1.165) is 6.07 Å². The topological polar surface area (TPSA) is 84.5 Å². The molecule has 2 rings (SSSR count). The number of sulfonamides is 1. The van der Waals surface area contributed by atoms with Crippen LogP contribution in [-0.4, -0.2) is 34.6 Å². The molecule has 2 N–H and O–H groups in total. The van der Waals surface area contributed by atoms with Gasteiger partial charge in [0, 0.05) is 19.2 Å². The van der Waals surface area contributed by atoms with Crippen LogP contribution in [-0.2, 0) is 14.8 Å². The van der Waals surface area contributed by atoms with Gasteiger partial charge in [-0.1, -0.05) is 6.07 Å². The largest absolute Gasteiger partial charge is 0.383 e. The van der Waals surface area contributed by atoms with Gasteiger partial charge in [0.05, 0.1) is 17.2 Å². The predicted molar refractivity (Wildman–Crippen MR) is 87.9 cm³/mol. The highest BCUT2D eigenvalue weighted by Gasteiger charge is 2.15. The minimum atomic E-state index is -3.86. The fraction of sp³-hybridized carbons (Fsp3) is 0.188. The van der Waals surface area contributed by atoms with E-state index >= 15 is 0 Å². The summed E-state index contributed by atoms with van der Waals surface area (Å²) < 4.78 is 44.7. The molecule has 128 valence electrons. The summed E-state index contributed by atoms with van der Waals surface area (Å²) >= 11 is 0. The first kappa shape index (κ1) is 17.9. The van der Waals surface area contributed by atoms with Gasteiger partial charge in [-0.3, -0.25) is 9.52 Å². The Bertz CT molecular complexity index is 807. The van der Waals surface area contributed by atoms with Crippen molar-refractivity contribution >= 4 is 21.6 Å². The summed E-state index contributed by atoms with van der Waals surface area (Å²) in [4.78, 5) is 11.8. The molecule has 0 heterocycles. The lowest BCUT2D eigenvalue weighted by molar-refractivity contribution is 0.0937. The molecule has 0 saturated carbocycles. The summed E-state index contributed by atoms with van der Waals surface area (Å²) in [5, 5.41) is 2.63. The number of amides is 1. The normalized spacial score (nSPS) is 11.1. The van der Waals surface area contributed by atoms with Gasteiger partial charge in [-0.05, 0) is 42.5 Å². The number of carbonyl (C=O) groups excluding carboxylic acids is 1. The lowest BCUT2D eigenvalue weighted by atomic mass is 10.2. The first-order chi connectivity index (χ1) is 11.4. The molecule has 0 unspecified atom stereocenters. The summed E-state index contributed by atoms with van der Waals surface area (Å²) in [6.07, 6.45) is 0. The van der Waals surface area contributed by atoms with Gasteiger partial charge < -0.3 is 10.1 Å². The second kappa shape index (κ2) is 7.89. The number of anilines is 1. The highest BCUT2D eigenvalue weighted by molar-refractivity contribution is 7.92. The monoisotopic (exact) mass is 352 g/mol. The second-order valence-electron chi connectivity index (χ2n) is 4.89. The molecule has 0 aromatic heterocycles. The van der Waals surface area contributed by atoms with Gasteiger partial charge in [-0.2, -0.15) is 0 Å². The number of carbonyl (C=O) groups is 1. The molecule has 0 bridgehead atoms. The summed E-state index contributed by atoms with van der Waals surface area (Å²) in [7, 11) is -2.34. The molecule has 0 atom stereocenters. The summed E-state index contributed by atoms with van der Waals surface area (Å²) in [5.74, 6) is -0.868. The number of ether oxygens (including phenoxy) is 1. The van der Waals surface area contributed by atoms with Gasteiger partial charge in [0.2, 0.25) is 0 Å². The van der Waals surface area contributed by atoms with E-state index in [-0.39, 0.29) is 16.5 Å². The number of halogens is 1. The van der Waals surface area contributed by atoms with E-state index in [1.165, 1.54) is 49.6 Å². The number of hydrogen-bond acceptors (Lipinski definition) is 4. The van der Waals surface area contributed by atoms with Crippen molar-refractivity contribution in [2.45, 2.75) is 4.90 Å². The minimum absolute atomic E-state index is 0.0276. The van der Waals surface area contributed by atoms with Crippen LogP contribution in [0.2, 0.25) is 0 Å². The smallest absolute Gasteiger partial charge is 0.261 e. The molecule has 2 aromatic carbocycles. The molecule has 0 aliphatic heterocycles. The number of hydrogen-bond donors (Lipinski definition) is 2. The van der Waals surface area contributed by atoms with Crippen molar-refractivity contribution in [3.63, 3.8) is 0 Å². The fourth-order valence-corrected chi connectivity index (χ4v) is 2.97. The maximum atomic E-state index is 13.1. The number of benzene rings is 2. The van der Waals surface area contributed by atoms with E-state index < -0.39 is 15.8 Å². The summed E-state index contributed by atoms with van der Waals surface area (Å²) in [5.41, 5.74) is 0.451. The van der Waals surface area contributed by atoms with Crippen molar-refractivity contribution in [1.82, 2.24) is 5.32 Å². The molecule has 2 aromatic rings. The molecule has 0 spiro atoms. The van der Waals surface area contributed by atoms with Crippen molar-refractivity contribution < 1.29 is 22.3 Å². The van der Waals surface area contributed by atoms with E-state index in [1.54, 1.807) is 0 Å². The second-order valence-corrected chi connectivity index (χ2v) is 6.57. The van der Waals surface area contributed by atoms with Crippen LogP contribution in [0.1, 0.15) is 10.4 Å².